The average Bonchev–Trinajstić information content (AvgIpc) is 2.18. The topological polar surface area (TPSA) is 81.3 Å². The molecule has 0 aliphatic heterocycles. The fourth-order valence-electron chi connectivity index (χ4n) is 1.22. The number of nitriles is 1. The number of hydrogen-bond donors (Lipinski definition) is 2. The van der Waals surface area contributed by atoms with Gasteiger partial charge in [-0.3, -0.25) is 0 Å². The summed E-state index contributed by atoms with van der Waals surface area (Å²) in [7, 11) is 0. The zero-order valence-electron chi connectivity index (χ0n) is 8.06. The fourth-order valence-corrected chi connectivity index (χ4v) is 1.22. The van der Waals surface area contributed by atoms with Crippen molar-refractivity contribution >= 4 is 11.5 Å². The summed E-state index contributed by atoms with van der Waals surface area (Å²) in [5.41, 5.74) is 0.246. The van der Waals surface area contributed by atoms with Crippen molar-refractivity contribution in [1.29, 1.82) is 5.26 Å². The molecule has 0 heterocycles. The Morgan fingerprint density at radius 3 is 2.47 bits per heavy atom. The van der Waals surface area contributed by atoms with Crippen molar-refractivity contribution < 1.29 is 15.0 Å². The molecule has 76 valence electrons. The van der Waals surface area contributed by atoms with E-state index in [9.17, 15) is 9.90 Å². The van der Waals surface area contributed by atoms with Crippen LogP contribution >= 0.6 is 0 Å². The van der Waals surface area contributed by atoms with Gasteiger partial charge in [0.05, 0.1) is 0 Å². The number of para-hydroxylation sites is 1. The van der Waals surface area contributed by atoms with Crippen molar-refractivity contribution in [2.24, 2.45) is 0 Å². The zero-order chi connectivity index (χ0) is 11.4. The van der Waals surface area contributed by atoms with Crippen molar-refractivity contribution in [1.82, 2.24) is 0 Å². The van der Waals surface area contributed by atoms with Crippen LogP contribution in [0.3, 0.4) is 0 Å². The van der Waals surface area contributed by atoms with Crippen LogP contribution in [0.2, 0.25) is 0 Å². The van der Waals surface area contributed by atoms with E-state index in [-0.39, 0.29) is 16.9 Å². The summed E-state index contributed by atoms with van der Waals surface area (Å²) >= 11 is 0. The van der Waals surface area contributed by atoms with Crippen LogP contribution in [-0.4, -0.2) is 16.2 Å². The number of allylic oxidation sites excluding steroid dienone is 1. The highest BCUT2D eigenvalue weighted by molar-refractivity contribution is 6.00. The first-order chi connectivity index (χ1) is 7.07. The number of phenols is 1. The molecule has 0 fully saturated rings. The van der Waals surface area contributed by atoms with Gasteiger partial charge in [-0.05, 0) is 18.6 Å². The molecule has 0 aliphatic carbocycles. The van der Waals surface area contributed by atoms with E-state index in [0.717, 1.165) is 0 Å². The molecule has 0 amide bonds. The van der Waals surface area contributed by atoms with Crippen molar-refractivity contribution in [3.63, 3.8) is 0 Å². The predicted molar refractivity (Wildman–Crippen MR) is 53.9 cm³/mol. The minimum absolute atomic E-state index is 0.0380. The number of benzene rings is 1. The van der Waals surface area contributed by atoms with Crippen LogP contribution in [0.25, 0.3) is 5.57 Å². The quantitative estimate of drug-likeness (QED) is 0.567. The first kappa shape index (κ1) is 10.8. The Bertz CT molecular complexity index is 469. The molecule has 0 radical (unpaired) electrons. The van der Waals surface area contributed by atoms with Crippen molar-refractivity contribution in [3.05, 3.63) is 35.4 Å². The minimum Gasteiger partial charge on any atom is -0.507 e. The Labute approximate surface area is 86.7 Å². The molecule has 4 heteroatoms. The van der Waals surface area contributed by atoms with Crippen LogP contribution in [0.5, 0.6) is 5.75 Å². The van der Waals surface area contributed by atoms with E-state index in [0.29, 0.717) is 5.56 Å². The second-order valence-corrected chi connectivity index (χ2v) is 2.93. The smallest absolute Gasteiger partial charge is 0.346 e. The number of rotatable bonds is 2. The predicted octanol–water partition coefficient (Wildman–Crippen LogP) is 1.77. The summed E-state index contributed by atoms with van der Waals surface area (Å²) in [6.45, 7) is 1.49. The lowest BCUT2D eigenvalue weighted by atomic mass is 10.0. The monoisotopic (exact) mass is 203 g/mol. The molecule has 0 saturated carbocycles. The standard InChI is InChI=1S/C11H9NO3/c1-7(9(6-12)11(14)15)8-4-2-3-5-10(8)13/h2-5,13H,1H3,(H,14,15). The SMILES string of the molecule is CC(=C(C#N)C(=O)O)c1ccccc1O. The Hall–Kier alpha value is -2.28. The van der Waals surface area contributed by atoms with Crippen LogP contribution in [-0.2, 0) is 4.79 Å². The highest BCUT2D eigenvalue weighted by Crippen LogP contribution is 2.26. The van der Waals surface area contributed by atoms with E-state index in [1.165, 1.54) is 13.0 Å². The molecule has 1 aromatic carbocycles. The summed E-state index contributed by atoms with van der Waals surface area (Å²) in [5, 5.41) is 26.9. The van der Waals surface area contributed by atoms with Crippen molar-refractivity contribution in [2.75, 3.05) is 0 Å². The van der Waals surface area contributed by atoms with Crippen LogP contribution < -0.4 is 0 Å². The molecule has 0 unspecified atom stereocenters. The Kier molecular flexibility index (Phi) is 3.09. The number of aliphatic carboxylic acids is 1. The second-order valence-electron chi connectivity index (χ2n) is 2.93. The maximum atomic E-state index is 10.7. The Morgan fingerprint density at radius 1 is 1.40 bits per heavy atom. The molecule has 2 N–H and O–H groups in total. The summed E-state index contributed by atoms with van der Waals surface area (Å²) in [6.07, 6.45) is 0. The van der Waals surface area contributed by atoms with Gasteiger partial charge in [0.25, 0.3) is 0 Å². The van der Waals surface area contributed by atoms with E-state index in [1.807, 2.05) is 0 Å². The van der Waals surface area contributed by atoms with E-state index in [1.54, 1.807) is 24.3 Å². The number of carboxylic acids is 1. The molecule has 0 saturated heterocycles. The number of aromatic hydroxyl groups is 1. The van der Waals surface area contributed by atoms with Crippen LogP contribution in [0.15, 0.2) is 29.8 Å². The van der Waals surface area contributed by atoms with E-state index < -0.39 is 5.97 Å². The molecule has 1 aromatic rings. The molecular formula is C11H9NO3. The van der Waals surface area contributed by atoms with Gasteiger partial charge in [0.1, 0.15) is 17.4 Å². The van der Waals surface area contributed by atoms with Crippen LogP contribution in [0.1, 0.15) is 12.5 Å². The number of hydrogen-bond acceptors (Lipinski definition) is 3. The van der Waals surface area contributed by atoms with Crippen molar-refractivity contribution in [2.45, 2.75) is 6.92 Å². The summed E-state index contributed by atoms with van der Waals surface area (Å²) in [6, 6.07) is 7.88. The molecule has 1 rings (SSSR count). The van der Waals surface area contributed by atoms with E-state index in [2.05, 4.69) is 0 Å². The first-order valence-electron chi connectivity index (χ1n) is 4.20. The molecule has 0 bridgehead atoms. The molecular weight excluding hydrogens is 194 g/mol. The zero-order valence-corrected chi connectivity index (χ0v) is 8.06. The van der Waals surface area contributed by atoms with E-state index in [4.69, 9.17) is 10.4 Å². The van der Waals surface area contributed by atoms with Crippen LogP contribution in [0, 0.1) is 11.3 Å². The van der Waals surface area contributed by atoms with Crippen molar-refractivity contribution in [3.8, 4) is 11.8 Å². The summed E-state index contributed by atoms with van der Waals surface area (Å²) in [5.74, 6) is -1.33. The van der Waals surface area contributed by atoms with Crippen LogP contribution in [0.4, 0.5) is 0 Å². The number of carbonyl (C=O) groups is 1. The minimum atomic E-state index is -1.29. The highest BCUT2D eigenvalue weighted by Gasteiger charge is 2.13. The maximum Gasteiger partial charge on any atom is 0.346 e. The third kappa shape index (κ3) is 2.15. The second kappa shape index (κ2) is 4.29. The molecule has 0 spiro atoms. The van der Waals surface area contributed by atoms with Gasteiger partial charge in [-0.1, -0.05) is 18.2 Å². The van der Waals surface area contributed by atoms with Gasteiger partial charge in [-0.2, -0.15) is 5.26 Å². The van der Waals surface area contributed by atoms with Gasteiger partial charge < -0.3 is 10.2 Å². The Balaban J connectivity index is 3.37. The Morgan fingerprint density at radius 2 is 2.00 bits per heavy atom. The number of nitrogens with zero attached hydrogens (tertiary/aromatic N) is 1. The molecule has 0 atom stereocenters. The molecule has 15 heavy (non-hydrogen) atoms. The van der Waals surface area contributed by atoms with Gasteiger partial charge in [-0.25, -0.2) is 4.79 Å². The first-order valence-corrected chi connectivity index (χ1v) is 4.20. The molecule has 0 aromatic heterocycles. The maximum absolute atomic E-state index is 10.7. The largest absolute Gasteiger partial charge is 0.507 e. The lowest BCUT2D eigenvalue weighted by molar-refractivity contribution is -0.132. The van der Waals surface area contributed by atoms with E-state index >= 15 is 0 Å². The third-order valence-electron chi connectivity index (χ3n) is 2.01. The lowest BCUT2D eigenvalue weighted by Crippen LogP contribution is -2.00. The lowest BCUT2D eigenvalue weighted by Gasteiger charge is -2.04. The summed E-state index contributed by atoms with van der Waals surface area (Å²) < 4.78 is 0. The third-order valence-corrected chi connectivity index (χ3v) is 2.01. The number of carboxylic acid groups (broad SMARTS) is 1. The fraction of sp³-hybridized carbons (Fsp3) is 0.0909. The highest BCUT2D eigenvalue weighted by atomic mass is 16.4. The van der Waals surface area contributed by atoms with Gasteiger partial charge in [0, 0.05) is 5.56 Å². The van der Waals surface area contributed by atoms with Gasteiger partial charge in [0.15, 0.2) is 0 Å². The van der Waals surface area contributed by atoms with Gasteiger partial charge in [0.2, 0.25) is 0 Å². The normalized spacial score (nSPS) is 11.5. The molecule has 4 nitrogen and oxygen atoms in total. The summed E-state index contributed by atoms with van der Waals surface area (Å²) in [4.78, 5) is 10.7. The number of phenolic OH excluding ortho intramolecular Hbond substituents is 1. The van der Waals surface area contributed by atoms with Gasteiger partial charge in [-0.15, -0.1) is 0 Å². The van der Waals surface area contributed by atoms with Gasteiger partial charge >= 0.3 is 5.97 Å². The average molecular weight is 203 g/mol. The molecule has 0 aliphatic rings.